The number of hydrogen-bond donors (Lipinski definition) is 4. The fraction of sp³-hybridized carbons (Fsp3) is 0.471. The average Bonchev–Trinajstić information content (AvgIpc) is 4.18. The molecule has 3 fully saturated rings. The van der Waals surface area contributed by atoms with Crippen LogP contribution in [0.25, 0.3) is 32.8 Å². The molecule has 3 aliphatic rings. The van der Waals surface area contributed by atoms with Crippen molar-refractivity contribution in [3.63, 3.8) is 0 Å². The van der Waals surface area contributed by atoms with Gasteiger partial charge in [-0.3, -0.25) is 14.3 Å². The minimum Gasteiger partial charge on any atom is -0.507 e. The number of aromatic nitrogens is 6. The molecule has 0 bridgehead atoms. The number of nitrogens with one attached hydrogen (secondary N) is 1. The van der Waals surface area contributed by atoms with Crippen molar-refractivity contribution in [3.8, 4) is 38.6 Å². The minimum absolute atomic E-state index is 0.0826. The number of phenolic OH excluding ortho intramolecular Hbond substituents is 1. The van der Waals surface area contributed by atoms with Gasteiger partial charge in [-0.2, -0.15) is 5.10 Å². The van der Waals surface area contributed by atoms with Crippen LogP contribution in [0, 0.1) is 24.7 Å². The van der Waals surface area contributed by atoms with Gasteiger partial charge < -0.3 is 40.5 Å². The van der Waals surface area contributed by atoms with Crippen LogP contribution in [0.1, 0.15) is 94.8 Å². The molecule has 5 N–H and O–H groups in total. The van der Waals surface area contributed by atoms with E-state index in [0.717, 1.165) is 97.0 Å². The van der Waals surface area contributed by atoms with E-state index in [1.165, 1.54) is 4.90 Å². The first-order chi connectivity index (χ1) is 32.8. The molecule has 17 heteroatoms. The Morgan fingerprint density at radius 2 is 1.69 bits per heavy atom. The smallest absolute Gasteiger partial charge is 0.243 e. The summed E-state index contributed by atoms with van der Waals surface area (Å²) < 4.78 is 7.98. The second-order valence-corrected chi connectivity index (χ2v) is 20.2. The number of rotatable bonds is 14. The fourth-order valence-electron chi connectivity index (χ4n) is 10.4. The number of hydrogen-bond acceptors (Lipinski definition) is 14. The molecule has 6 aromatic rings. The summed E-state index contributed by atoms with van der Waals surface area (Å²) in [5, 5.41) is 41.9. The van der Waals surface area contributed by atoms with Crippen molar-refractivity contribution in [1.82, 2.24) is 45.2 Å². The van der Waals surface area contributed by atoms with E-state index in [-0.39, 0.29) is 48.5 Å². The zero-order valence-corrected chi connectivity index (χ0v) is 40.3. The van der Waals surface area contributed by atoms with Crippen molar-refractivity contribution in [1.29, 1.82) is 0 Å². The zero-order valence-electron chi connectivity index (χ0n) is 39.5. The first kappa shape index (κ1) is 46.9. The maximum Gasteiger partial charge on any atom is 0.243 e. The summed E-state index contributed by atoms with van der Waals surface area (Å²) in [6.07, 6.45) is 7.49. The molecule has 4 aromatic heterocycles. The molecule has 3 aliphatic heterocycles. The van der Waals surface area contributed by atoms with Gasteiger partial charge in [-0.15, -0.1) is 21.5 Å². The first-order valence-corrected chi connectivity index (χ1v) is 24.9. The van der Waals surface area contributed by atoms with Crippen LogP contribution in [0.4, 0.5) is 11.6 Å². The fourth-order valence-corrected chi connectivity index (χ4v) is 11.2. The van der Waals surface area contributed by atoms with Gasteiger partial charge >= 0.3 is 0 Å². The number of phenols is 1. The van der Waals surface area contributed by atoms with Crippen molar-refractivity contribution >= 4 is 34.8 Å². The number of carbonyl (C=O) groups is 2. The normalized spacial score (nSPS) is 19.9. The van der Waals surface area contributed by atoms with Crippen LogP contribution in [0.15, 0.2) is 83.1 Å². The molecule has 2 amide bonds. The van der Waals surface area contributed by atoms with Gasteiger partial charge in [0.25, 0.3) is 0 Å². The standard InChI is InChI=1S/C51H63N11O5S/c1-30(2)47(51(66)61-28-39(63)22-43(61)50(65)55-31(3)35-10-12-37(13-11-35)48-32(4)53-29-68-48)45-24-46(58-67-45)60-20-14-34(15-21-60)26-59-18-16-36(17-19-59)33(5)62-27-38(25-54-62)41-23-42(56-57-49(41)52)40-8-6-7-9-44(40)64/h6-13,23-25,27,29-31,33-34,36,39,43,47,63-64H,14-22,26,28H2,1-5H3,(H2,52,57)(H,55,65)/t31-,33+,39+,43-,47+/m0/s1. The summed E-state index contributed by atoms with van der Waals surface area (Å²) in [4.78, 5) is 40.0. The molecule has 0 spiro atoms. The Morgan fingerprint density at radius 3 is 2.40 bits per heavy atom. The Hall–Kier alpha value is -6.17. The highest BCUT2D eigenvalue weighted by Crippen LogP contribution is 2.37. The summed E-state index contributed by atoms with van der Waals surface area (Å²) in [6.45, 7) is 15.1. The van der Waals surface area contributed by atoms with E-state index in [1.54, 1.807) is 29.5 Å². The lowest BCUT2D eigenvalue weighted by atomic mass is 9.89. The number of piperidine rings is 2. The van der Waals surface area contributed by atoms with E-state index in [1.807, 2.05) is 92.7 Å². The molecule has 7 heterocycles. The van der Waals surface area contributed by atoms with Crippen LogP contribution in [-0.2, 0) is 9.59 Å². The number of aliphatic hydroxyl groups excluding tert-OH is 1. The maximum atomic E-state index is 14.4. The number of nitrogen functional groups attached to an aromatic ring is 1. The van der Waals surface area contributed by atoms with Crippen molar-refractivity contribution < 1.29 is 24.3 Å². The third kappa shape index (κ3) is 10.0. The Bertz CT molecular complexity index is 2680. The van der Waals surface area contributed by atoms with Crippen LogP contribution in [0.2, 0.25) is 0 Å². The van der Waals surface area contributed by atoms with Crippen LogP contribution in [0.3, 0.4) is 0 Å². The number of nitrogens with zero attached hydrogens (tertiary/aromatic N) is 9. The number of anilines is 2. The number of benzene rings is 2. The Kier molecular flexibility index (Phi) is 13.9. The number of thiazole rings is 1. The van der Waals surface area contributed by atoms with E-state index < -0.39 is 18.1 Å². The van der Waals surface area contributed by atoms with Gasteiger partial charge in [0.2, 0.25) is 11.8 Å². The summed E-state index contributed by atoms with van der Waals surface area (Å²) in [5.74, 6) is 1.42. The lowest BCUT2D eigenvalue weighted by molar-refractivity contribution is -0.141. The Balaban J connectivity index is 0.751. The largest absolute Gasteiger partial charge is 0.507 e. The number of nitrogens with two attached hydrogens (primary N) is 1. The number of β-amino-alcohol motifs (C(OH)–C–C–N with tert-alkyl or cyclic N) is 1. The number of aromatic hydroxyl groups is 1. The van der Waals surface area contributed by atoms with Crippen LogP contribution < -0.4 is 16.0 Å². The van der Waals surface area contributed by atoms with Crippen LogP contribution >= 0.6 is 11.3 Å². The third-order valence-corrected chi connectivity index (χ3v) is 15.5. The van der Waals surface area contributed by atoms with Gasteiger partial charge in [-0.05, 0) is 107 Å². The second-order valence-electron chi connectivity index (χ2n) is 19.4. The summed E-state index contributed by atoms with van der Waals surface area (Å²) in [6, 6.07) is 18.0. The molecule has 0 radical (unpaired) electrons. The van der Waals surface area contributed by atoms with Gasteiger partial charge in [-0.1, -0.05) is 55.4 Å². The molecule has 9 rings (SSSR count). The van der Waals surface area contributed by atoms with Crippen molar-refractivity contribution in [2.45, 2.75) is 96.9 Å². The molecule has 5 atom stereocenters. The monoisotopic (exact) mass is 941 g/mol. The van der Waals surface area contributed by atoms with Crippen molar-refractivity contribution in [2.24, 2.45) is 17.8 Å². The quantitative estimate of drug-likeness (QED) is 0.0837. The Morgan fingerprint density at radius 1 is 0.941 bits per heavy atom. The average molecular weight is 942 g/mol. The predicted molar refractivity (Wildman–Crippen MR) is 263 cm³/mol. The van der Waals surface area contributed by atoms with Crippen LogP contribution in [-0.4, -0.2) is 113 Å². The number of amides is 2. The van der Waals surface area contributed by atoms with E-state index in [2.05, 4.69) is 42.4 Å². The summed E-state index contributed by atoms with van der Waals surface area (Å²) in [5.41, 5.74) is 13.9. The number of aliphatic hydroxyl groups is 1. The molecule has 2 aromatic carbocycles. The first-order valence-electron chi connectivity index (χ1n) is 24.0. The maximum absolute atomic E-state index is 14.4. The third-order valence-electron chi connectivity index (χ3n) is 14.5. The topological polar surface area (TPSA) is 205 Å². The lowest BCUT2D eigenvalue weighted by Gasteiger charge is -2.38. The Labute approximate surface area is 401 Å². The molecule has 0 aliphatic carbocycles. The molecule has 3 saturated heterocycles. The number of para-hydroxylation sites is 1. The second kappa shape index (κ2) is 20.2. The van der Waals surface area contributed by atoms with Gasteiger partial charge in [0.15, 0.2) is 17.4 Å². The van der Waals surface area contributed by atoms with Crippen molar-refractivity contribution in [2.75, 3.05) is 49.9 Å². The molecular weight excluding hydrogens is 879 g/mol. The van der Waals surface area contributed by atoms with Gasteiger partial charge in [0.05, 0.1) is 46.2 Å². The highest BCUT2D eigenvalue weighted by atomic mass is 32.1. The number of carbonyl (C=O) groups excluding carboxylic acids is 2. The number of likely N-dealkylation sites (tertiary alicyclic amines) is 2. The molecule has 16 nitrogen and oxygen atoms in total. The van der Waals surface area contributed by atoms with Gasteiger partial charge in [-0.25, -0.2) is 4.98 Å². The van der Waals surface area contributed by atoms with E-state index in [4.69, 9.17) is 15.4 Å². The molecule has 0 unspecified atom stereocenters. The summed E-state index contributed by atoms with van der Waals surface area (Å²) >= 11 is 1.60. The minimum atomic E-state index is -0.803. The molecule has 0 saturated carbocycles. The molecular formula is C51H63N11O5S. The van der Waals surface area contributed by atoms with E-state index >= 15 is 0 Å². The zero-order chi connectivity index (χ0) is 47.6. The van der Waals surface area contributed by atoms with E-state index in [0.29, 0.717) is 34.7 Å². The lowest BCUT2D eigenvalue weighted by Crippen LogP contribution is -2.48. The molecule has 358 valence electrons. The predicted octanol–water partition coefficient (Wildman–Crippen LogP) is 7.48. The van der Waals surface area contributed by atoms with Crippen molar-refractivity contribution in [3.05, 3.63) is 95.6 Å². The highest BCUT2D eigenvalue weighted by molar-refractivity contribution is 7.13. The highest BCUT2D eigenvalue weighted by Gasteiger charge is 2.44. The van der Waals surface area contributed by atoms with E-state index in [9.17, 15) is 19.8 Å². The van der Waals surface area contributed by atoms with Gasteiger partial charge in [0.1, 0.15) is 17.7 Å². The molecule has 68 heavy (non-hydrogen) atoms. The van der Waals surface area contributed by atoms with Gasteiger partial charge in [0, 0.05) is 61.6 Å². The van der Waals surface area contributed by atoms with Crippen LogP contribution in [0.5, 0.6) is 5.75 Å². The number of aryl methyl sites for hydroxylation is 1. The summed E-state index contributed by atoms with van der Waals surface area (Å²) in [7, 11) is 0. The SMILES string of the molecule is Cc1ncsc1-c1ccc([C@H](C)NC(=O)[C@@H]2C[C@@H](O)CN2C(=O)[C@@H](c2cc(N3CCC(CN4CCC([C@@H](C)n5cc(-c6cc(-c7ccccc7O)nnc6N)cn5)CC4)CC3)no2)C(C)C)cc1.